The van der Waals surface area contributed by atoms with E-state index in [0.29, 0.717) is 18.8 Å². The zero-order valence-electron chi connectivity index (χ0n) is 14.7. The summed E-state index contributed by atoms with van der Waals surface area (Å²) in [5, 5.41) is 6.40. The number of anilines is 2. The molecule has 0 aliphatic carbocycles. The first-order valence-corrected chi connectivity index (χ1v) is 8.88. The molecule has 0 saturated heterocycles. The molecule has 2 rings (SSSR count). The molecule has 1 aromatic heterocycles. The van der Waals surface area contributed by atoms with E-state index in [2.05, 4.69) is 5.32 Å². The van der Waals surface area contributed by atoms with Crippen molar-refractivity contribution in [3.05, 3.63) is 34.7 Å². The van der Waals surface area contributed by atoms with Gasteiger partial charge >= 0.3 is 6.03 Å². The molecule has 1 radical (unpaired) electrons. The van der Waals surface area contributed by atoms with Gasteiger partial charge in [-0.05, 0) is 19.7 Å². The number of nitrogens with one attached hydrogen (secondary N) is 1. The van der Waals surface area contributed by atoms with E-state index in [1.165, 1.54) is 11.3 Å². The molecule has 3 N–H and O–H groups in total. The van der Waals surface area contributed by atoms with Gasteiger partial charge in [-0.2, -0.15) is 0 Å². The van der Waals surface area contributed by atoms with Crippen molar-refractivity contribution in [1.29, 1.82) is 0 Å². The fraction of sp³-hybridized carbons (Fsp3) is 0.412. The number of likely N-dealkylation sites (N-methyl/N-ethyl adjacent to an activating group) is 1. The van der Waals surface area contributed by atoms with Crippen molar-refractivity contribution in [3.8, 4) is 0 Å². The Labute approximate surface area is 152 Å². The molecule has 0 spiro atoms. The number of amides is 2. The molecule has 0 saturated carbocycles. The predicted molar refractivity (Wildman–Crippen MR) is 102 cm³/mol. The first-order chi connectivity index (χ1) is 12.0. The van der Waals surface area contributed by atoms with Crippen molar-refractivity contribution in [1.82, 2.24) is 15.1 Å². The number of hydrogen-bond donors (Lipinski definition) is 2. The van der Waals surface area contributed by atoms with Crippen molar-refractivity contribution >= 4 is 35.0 Å². The average Bonchev–Trinajstić information content (AvgIpc) is 3.03. The van der Waals surface area contributed by atoms with Crippen molar-refractivity contribution < 1.29 is 9.59 Å². The van der Waals surface area contributed by atoms with Crippen LogP contribution in [0.3, 0.4) is 0 Å². The molecule has 1 atom stereocenters. The smallest absolute Gasteiger partial charge is 0.317 e. The average molecular weight is 362 g/mol. The highest BCUT2D eigenvalue weighted by Crippen LogP contribution is 2.31. The Morgan fingerprint density at radius 2 is 2.16 bits per heavy atom. The van der Waals surface area contributed by atoms with Gasteiger partial charge in [-0.25, -0.2) is 4.79 Å². The summed E-state index contributed by atoms with van der Waals surface area (Å²) in [4.78, 5) is 29.0. The van der Waals surface area contributed by atoms with E-state index in [4.69, 9.17) is 5.73 Å². The highest BCUT2D eigenvalue weighted by molar-refractivity contribution is 7.08. The fourth-order valence-corrected chi connectivity index (χ4v) is 3.20. The number of nitrogens with two attached hydrogens (primary N) is 1. The van der Waals surface area contributed by atoms with E-state index in [0.717, 1.165) is 17.8 Å². The molecule has 0 fully saturated rings. The third-order valence-electron chi connectivity index (χ3n) is 3.86. The van der Waals surface area contributed by atoms with Crippen LogP contribution in [0.4, 0.5) is 16.2 Å². The molecule has 0 bridgehead atoms. The quantitative estimate of drug-likeness (QED) is 0.763. The number of urea groups is 1. The second-order valence-electron chi connectivity index (χ2n) is 6.03. The van der Waals surface area contributed by atoms with Gasteiger partial charge in [-0.3, -0.25) is 4.79 Å². The first-order valence-electron chi connectivity index (χ1n) is 7.94. The maximum atomic E-state index is 12.1. The van der Waals surface area contributed by atoms with E-state index in [9.17, 15) is 9.59 Å². The maximum absolute atomic E-state index is 12.1. The zero-order valence-corrected chi connectivity index (χ0v) is 15.5. The summed E-state index contributed by atoms with van der Waals surface area (Å²) >= 11 is 1.48. The van der Waals surface area contributed by atoms with E-state index in [1.54, 1.807) is 22.9 Å². The summed E-state index contributed by atoms with van der Waals surface area (Å²) in [6.45, 7) is 1.80. The lowest BCUT2D eigenvalue weighted by Gasteiger charge is -2.30. The minimum atomic E-state index is -0.518. The number of rotatable bonds is 7. The Morgan fingerprint density at radius 3 is 2.72 bits per heavy atom. The molecule has 2 heterocycles. The highest BCUT2D eigenvalue weighted by Gasteiger charge is 2.23. The minimum Gasteiger partial charge on any atom is -0.396 e. The van der Waals surface area contributed by atoms with Crippen LogP contribution >= 0.6 is 11.3 Å². The summed E-state index contributed by atoms with van der Waals surface area (Å²) in [7, 11) is 5.55. The van der Waals surface area contributed by atoms with E-state index in [1.807, 2.05) is 48.3 Å². The van der Waals surface area contributed by atoms with Gasteiger partial charge in [-0.1, -0.05) is 12.2 Å². The van der Waals surface area contributed by atoms with E-state index >= 15 is 0 Å². The van der Waals surface area contributed by atoms with Crippen molar-refractivity contribution in [2.75, 3.05) is 51.4 Å². The number of nitrogens with zero attached hydrogens (tertiary/aromatic N) is 3. The van der Waals surface area contributed by atoms with Gasteiger partial charge in [-0.15, -0.1) is 11.3 Å². The third kappa shape index (κ3) is 4.83. The molecular weight excluding hydrogens is 338 g/mol. The first kappa shape index (κ1) is 19.0. The lowest BCUT2D eigenvalue weighted by atomic mass is 10.1. The summed E-state index contributed by atoms with van der Waals surface area (Å²) in [6, 6.07) is -0.655. The number of carbonyl (C=O) groups is 1. The second kappa shape index (κ2) is 8.68. The van der Waals surface area contributed by atoms with E-state index in [-0.39, 0.29) is 6.03 Å². The molecule has 135 valence electrons. The van der Waals surface area contributed by atoms with Gasteiger partial charge in [0.05, 0.1) is 11.4 Å². The van der Waals surface area contributed by atoms with Crippen molar-refractivity contribution in [3.63, 3.8) is 0 Å². The molecule has 1 unspecified atom stereocenters. The van der Waals surface area contributed by atoms with Crippen LogP contribution < -0.4 is 16.0 Å². The highest BCUT2D eigenvalue weighted by atomic mass is 32.1. The lowest BCUT2D eigenvalue weighted by Crippen LogP contribution is -2.43. The standard InChI is InChI=1S/C17H24N5O2S/c1-19-17(24)21(7-6-20(2)3)8-13-4-5-14(10-23)22(9-13)16-12-25-11-15(16)18/h4-5,9,11-12,14H,6-8,18H2,1-3H3,(H,19,24). The Bertz CT molecular complexity index is 668. The number of carbonyl (C=O) groups excluding carboxylic acids is 2. The van der Waals surface area contributed by atoms with Crippen LogP contribution in [0.2, 0.25) is 0 Å². The van der Waals surface area contributed by atoms with Crippen molar-refractivity contribution in [2.45, 2.75) is 6.04 Å². The molecular formula is C17H24N5O2S. The Balaban J connectivity index is 2.19. The number of nitrogen functional groups attached to an aromatic ring is 1. The molecule has 1 aliphatic heterocycles. The molecule has 25 heavy (non-hydrogen) atoms. The molecule has 1 aliphatic rings. The lowest BCUT2D eigenvalue weighted by molar-refractivity contribution is 0.199. The minimum absolute atomic E-state index is 0.137. The largest absolute Gasteiger partial charge is 0.396 e. The van der Waals surface area contributed by atoms with Gasteiger partial charge in [0, 0.05) is 43.6 Å². The predicted octanol–water partition coefficient (Wildman–Crippen LogP) is 1.27. The van der Waals surface area contributed by atoms with Crippen LogP contribution in [0.1, 0.15) is 0 Å². The summed E-state index contributed by atoms with van der Waals surface area (Å²) < 4.78 is 0. The zero-order chi connectivity index (χ0) is 18.4. The Kier molecular flexibility index (Phi) is 6.60. The summed E-state index contributed by atoms with van der Waals surface area (Å²) in [5.41, 5.74) is 8.30. The maximum Gasteiger partial charge on any atom is 0.317 e. The van der Waals surface area contributed by atoms with Crippen LogP contribution in [-0.2, 0) is 4.79 Å². The normalized spacial score (nSPS) is 16.7. The number of thiophene rings is 1. The Hall–Kier alpha value is -2.32. The van der Waals surface area contributed by atoms with E-state index < -0.39 is 6.04 Å². The third-order valence-corrected chi connectivity index (χ3v) is 4.61. The van der Waals surface area contributed by atoms with Crippen LogP contribution in [0.25, 0.3) is 0 Å². The summed E-state index contributed by atoms with van der Waals surface area (Å²) in [6.07, 6.45) is 7.50. The SMILES string of the molecule is CNC(=O)N(CCN(C)C)CC1=CN(c2cscc2N)C([C]=O)C=C1. The molecule has 8 heteroatoms. The molecule has 1 aromatic rings. The monoisotopic (exact) mass is 362 g/mol. The molecule has 7 nitrogen and oxygen atoms in total. The van der Waals surface area contributed by atoms with Gasteiger partial charge < -0.3 is 25.8 Å². The van der Waals surface area contributed by atoms with Crippen LogP contribution in [0.15, 0.2) is 34.7 Å². The molecule has 2 amide bonds. The van der Waals surface area contributed by atoms with Crippen LogP contribution in [-0.4, -0.2) is 68.9 Å². The fourth-order valence-electron chi connectivity index (χ4n) is 2.48. The second-order valence-corrected chi connectivity index (χ2v) is 6.77. The summed E-state index contributed by atoms with van der Waals surface area (Å²) in [5.74, 6) is 0. The van der Waals surface area contributed by atoms with Crippen LogP contribution in [0.5, 0.6) is 0 Å². The number of hydrogen-bond acceptors (Lipinski definition) is 6. The Morgan fingerprint density at radius 1 is 1.40 bits per heavy atom. The van der Waals surface area contributed by atoms with Crippen molar-refractivity contribution in [2.24, 2.45) is 0 Å². The van der Waals surface area contributed by atoms with Gasteiger partial charge in [0.25, 0.3) is 0 Å². The van der Waals surface area contributed by atoms with Gasteiger partial charge in [0.1, 0.15) is 6.04 Å². The van der Waals surface area contributed by atoms with Gasteiger partial charge in [0.2, 0.25) is 6.29 Å². The molecule has 0 aromatic carbocycles. The van der Waals surface area contributed by atoms with Gasteiger partial charge in [0.15, 0.2) is 0 Å². The van der Waals surface area contributed by atoms with Crippen LogP contribution in [0, 0.1) is 0 Å². The topological polar surface area (TPSA) is 81.9 Å².